The Labute approximate surface area is 117 Å². The molecule has 0 saturated carbocycles. The number of aromatic carboxylic acids is 1. The van der Waals surface area contributed by atoms with Crippen LogP contribution in [-0.2, 0) is 0 Å². The first-order chi connectivity index (χ1) is 9.38. The van der Waals surface area contributed by atoms with Crippen LogP contribution in [0.5, 0.6) is 0 Å². The monoisotopic (exact) mass is 274 g/mol. The second-order valence-electron chi connectivity index (χ2n) is 5.29. The molecule has 20 heavy (non-hydrogen) atoms. The van der Waals surface area contributed by atoms with E-state index in [4.69, 9.17) is 5.11 Å². The predicted molar refractivity (Wildman–Crippen MR) is 74.3 cm³/mol. The smallest absolute Gasteiger partial charge is 0.356 e. The quantitative estimate of drug-likeness (QED) is 0.926. The highest BCUT2D eigenvalue weighted by Crippen LogP contribution is 2.19. The van der Waals surface area contributed by atoms with Gasteiger partial charge in [0.15, 0.2) is 5.69 Å². The molecule has 6 heteroatoms. The Kier molecular flexibility index (Phi) is 3.83. The van der Waals surface area contributed by atoms with Gasteiger partial charge in [0.2, 0.25) is 0 Å². The zero-order valence-corrected chi connectivity index (χ0v) is 12.0. The molecule has 0 unspecified atom stereocenters. The lowest BCUT2D eigenvalue weighted by Crippen LogP contribution is -2.07. The highest BCUT2D eigenvalue weighted by atomic mass is 16.4. The fourth-order valence-corrected chi connectivity index (χ4v) is 1.72. The van der Waals surface area contributed by atoms with Crippen LogP contribution in [0.3, 0.4) is 0 Å². The van der Waals surface area contributed by atoms with Gasteiger partial charge in [0, 0.05) is 23.9 Å². The van der Waals surface area contributed by atoms with E-state index in [-0.39, 0.29) is 17.5 Å². The average molecular weight is 274 g/mol. The molecule has 106 valence electrons. The van der Waals surface area contributed by atoms with Gasteiger partial charge < -0.3 is 5.11 Å². The third kappa shape index (κ3) is 2.84. The zero-order valence-electron chi connectivity index (χ0n) is 12.0. The number of hydrogen-bond donors (Lipinski definition) is 1. The second kappa shape index (κ2) is 5.40. The highest BCUT2D eigenvalue weighted by Gasteiger charge is 2.13. The minimum absolute atomic E-state index is 0.000746. The summed E-state index contributed by atoms with van der Waals surface area (Å²) in [4.78, 5) is 23.7. The molecule has 0 saturated heterocycles. The molecule has 0 fully saturated rings. The number of imidazole rings is 1. The average Bonchev–Trinajstić information content (AvgIpc) is 2.87. The summed E-state index contributed by atoms with van der Waals surface area (Å²) in [6.45, 7) is 8.18. The van der Waals surface area contributed by atoms with Gasteiger partial charge in [-0.2, -0.15) is 0 Å². The number of carbonyl (C=O) groups is 1. The molecule has 0 aromatic carbocycles. The lowest BCUT2D eigenvalue weighted by Gasteiger charge is -2.12. The van der Waals surface area contributed by atoms with Crippen LogP contribution in [0.2, 0.25) is 0 Å². The number of carboxylic acids is 1. The van der Waals surface area contributed by atoms with Crippen LogP contribution < -0.4 is 0 Å². The third-order valence-corrected chi connectivity index (χ3v) is 2.92. The van der Waals surface area contributed by atoms with Crippen molar-refractivity contribution in [2.75, 3.05) is 0 Å². The molecular formula is C14H18N4O2. The van der Waals surface area contributed by atoms with E-state index in [1.54, 1.807) is 4.57 Å². The summed E-state index contributed by atoms with van der Waals surface area (Å²) in [5.74, 6) is 0.821. The predicted octanol–water partition coefficient (Wildman–Crippen LogP) is 2.61. The van der Waals surface area contributed by atoms with E-state index in [1.165, 1.54) is 12.5 Å². The van der Waals surface area contributed by atoms with Crippen LogP contribution in [0.1, 0.15) is 61.5 Å². The summed E-state index contributed by atoms with van der Waals surface area (Å²) in [5.41, 5.74) is 0.935. The summed E-state index contributed by atoms with van der Waals surface area (Å²) >= 11 is 0. The van der Waals surface area contributed by atoms with Gasteiger partial charge in [-0.05, 0) is 5.92 Å². The van der Waals surface area contributed by atoms with Gasteiger partial charge in [-0.3, -0.25) is 4.57 Å². The van der Waals surface area contributed by atoms with Crippen LogP contribution in [-0.4, -0.2) is 30.6 Å². The molecular weight excluding hydrogens is 256 g/mol. The SMILES string of the molecule is CC(C)c1cc(-n2cnc(C(=O)O)c2)nc(C(C)C)n1. The maximum absolute atomic E-state index is 10.9. The van der Waals surface area contributed by atoms with Crippen molar-refractivity contribution < 1.29 is 9.90 Å². The molecule has 2 rings (SSSR count). The summed E-state index contributed by atoms with van der Waals surface area (Å²) in [6, 6.07) is 1.86. The van der Waals surface area contributed by atoms with Crippen LogP contribution >= 0.6 is 0 Å². The number of aromatic nitrogens is 4. The second-order valence-corrected chi connectivity index (χ2v) is 5.29. The largest absolute Gasteiger partial charge is 0.476 e. The molecule has 0 radical (unpaired) electrons. The van der Waals surface area contributed by atoms with Gasteiger partial charge in [-0.1, -0.05) is 27.7 Å². The Morgan fingerprint density at radius 2 is 1.90 bits per heavy atom. The van der Waals surface area contributed by atoms with Gasteiger partial charge in [0.1, 0.15) is 18.0 Å². The number of carboxylic acid groups (broad SMARTS) is 1. The van der Waals surface area contributed by atoms with Crippen LogP contribution in [0.25, 0.3) is 5.82 Å². The maximum Gasteiger partial charge on any atom is 0.356 e. The Balaban J connectivity index is 2.51. The van der Waals surface area contributed by atoms with Crippen molar-refractivity contribution in [1.82, 2.24) is 19.5 Å². The third-order valence-electron chi connectivity index (χ3n) is 2.92. The molecule has 2 aromatic heterocycles. The van der Waals surface area contributed by atoms with Gasteiger partial charge >= 0.3 is 5.97 Å². The number of rotatable bonds is 4. The first-order valence-corrected chi connectivity index (χ1v) is 6.55. The van der Waals surface area contributed by atoms with E-state index in [1.807, 2.05) is 19.9 Å². The van der Waals surface area contributed by atoms with Crippen molar-refractivity contribution in [3.05, 3.63) is 35.8 Å². The lowest BCUT2D eigenvalue weighted by atomic mass is 10.1. The molecule has 0 atom stereocenters. The van der Waals surface area contributed by atoms with Crippen molar-refractivity contribution in [3.8, 4) is 5.82 Å². The van der Waals surface area contributed by atoms with E-state index in [9.17, 15) is 4.79 Å². The fourth-order valence-electron chi connectivity index (χ4n) is 1.72. The molecule has 0 aliphatic carbocycles. The lowest BCUT2D eigenvalue weighted by molar-refractivity contribution is 0.0691. The maximum atomic E-state index is 10.9. The standard InChI is InChI=1S/C14H18N4O2/c1-8(2)10-5-12(17-13(16-10)9(3)4)18-6-11(14(19)20)15-7-18/h5-9H,1-4H3,(H,19,20). The molecule has 0 aliphatic heterocycles. The van der Waals surface area contributed by atoms with E-state index < -0.39 is 5.97 Å². The highest BCUT2D eigenvalue weighted by molar-refractivity contribution is 5.85. The molecule has 2 aromatic rings. The molecule has 0 amide bonds. The first-order valence-electron chi connectivity index (χ1n) is 6.55. The van der Waals surface area contributed by atoms with E-state index in [2.05, 4.69) is 28.8 Å². The number of hydrogen-bond acceptors (Lipinski definition) is 4. The van der Waals surface area contributed by atoms with Crippen LogP contribution in [0.4, 0.5) is 0 Å². The first kappa shape index (κ1) is 14.2. The Bertz CT molecular complexity index is 606. The summed E-state index contributed by atoms with van der Waals surface area (Å²) in [7, 11) is 0. The normalized spacial score (nSPS) is 11.3. The van der Waals surface area contributed by atoms with Crippen molar-refractivity contribution in [2.45, 2.75) is 39.5 Å². The van der Waals surface area contributed by atoms with E-state index >= 15 is 0 Å². The Morgan fingerprint density at radius 3 is 2.40 bits per heavy atom. The minimum Gasteiger partial charge on any atom is -0.476 e. The molecule has 2 heterocycles. The summed E-state index contributed by atoms with van der Waals surface area (Å²) in [6.07, 6.45) is 2.92. The van der Waals surface area contributed by atoms with Gasteiger partial charge in [0.25, 0.3) is 0 Å². The minimum atomic E-state index is -1.05. The molecule has 6 nitrogen and oxygen atoms in total. The number of nitrogens with zero attached hydrogens (tertiary/aromatic N) is 4. The Hall–Kier alpha value is -2.24. The van der Waals surface area contributed by atoms with Gasteiger partial charge in [0.05, 0.1) is 0 Å². The van der Waals surface area contributed by atoms with Crippen molar-refractivity contribution in [2.24, 2.45) is 0 Å². The van der Waals surface area contributed by atoms with E-state index in [0.717, 1.165) is 11.5 Å². The van der Waals surface area contributed by atoms with Gasteiger partial charge in [-0.15, -0.1) is 0 Å². The molecule has 0 spiro atoms. The van der Waals surface area contributed by atoms with Crippen molar-refractivity contribution >= 4 is 5.97 Å². The zero-order chi connectivity index (χ0) is 14.9. The molecule has 1 N–H and O–H groups in total. The summed E-state index contributed by atoms with van der Waals surface area (Å²) < 4.78 is 1.61. The summed E-state index contributed by atoms with van der Waals surface area (Å²) in [5, 5.41) is 8.92. The molecule has 0 bridgehead atoms. The Morgan fingerprint density at radius 1 is 1.20 bits per heavy atom. The topological polar surface area (TPSA) is 80.9 Å². The molecule has 0 aliphatic rings. The van der Waals surface area contributed by atoms with Crippen LogP contribution in [0.15, 0.2) is 18.6 Å². The van der Waals surface area contributed by atoms with Crippen LogP contribution in [0, 0.1) is 0 Å². The van der Waals surface area contributed by atoms with Crippen molar-refractivity contribution in [1.29, 1.82) is 0 Å². The fraction of sp³-hybridized carbons (Fsp3) is 0.429. The van der Waals surface area contributed by atoms with E-state index in [0.29, 0.717) is 5.82 Å². The van der Waals surface area contributed by atoms with Crippen molar-refractivity contribution in [3.63, 3.8) is 0 Å². The van der Waals surface area contributed by atoms with Gasteiger partial charge in [-0.25, -0.2) is 19.7 Å².